The van der Waals surface area contributed by atoms with Crippen molar-refractivity contribution >= 4 is 11.3 Å². The van der Waals surface area contributed by atoms with E-state index in [9.17, 15) is 0 Å². The molecule has 0 radical (unpaired) electrons. The summed E-state index contributed by atoms with van der Waals surface area (Å²) in [5, 5.41) is 11.2. The summed E-state index contributed by atoms with van der Waals surface area (Å²) in [6.07, 6.45) is 4.66. The van der Waals surface area contributed by atoms with Crippen molar-refractivity contribution in [3.63, 3.8) is 0 Å². The Balaban J connectivity index is 1.59. The highest BCUT2D eigenvalue weighted by molar-refractivity contribution is 7.09. The molecule has 0 saturated heterocycles. The summed E-state index contributed by atoms with van der Waals surface area (Å²) in [7, 11) is 0. The Morgan fingerprint density at radius 1 is 1.47 bits per heavy atom. The average molecular weight is 248 g/mol. The van der Waals surface area contributed by atoms with Gasteiger partial charge in [0.1, 0.15) is 0 Å². The van der Waals surface area contributed by atoms with Gasteiger partial charge in [-0.05, 0) is 25.8 Å². The molecule has 0 atom stereocenters. The molecule has 4 nitrogen and oxygen atoms in total. The van der Waals surface area contributed by atoms with Crippen LogP contribution in [0, 0.1) is 6.92 Å². The molecule has 1 N–H and O–H groups in total. The number of aryl methyl sites for hydroxylation is 1. The number of rotatable bonds is 5. The number of hydrogen-bond acceptors (Lipinski definition) is 4. The summed E-state index contributed by atoms with van der Waals surface area (Å²) in [6.45, 7) is 3.68. The van der Waals surface area contributed by atoms with Gasteiger partial charge < -0.3 is 5.32 Å². The van der Waals surface area contributed by atoms with Crippen LogP contribution in [0.4, 0.5) is 0 Å². The third-order valence-corrected chi connectivity index (χ3v) is 3.66. The molecule has 2 aromatic rings. The molecule has 0 aliphatic heterocycles. The Hall–Kier alpha value is -1.20. The van der Waals surface area contributed by atoms with Crippen molar-refractivity contribution in [2.45, 2.75) is 38.9 Å². The minimum absolute atomic E-state index is 0.737. The normalized spacial score (nSPS) is 15.4. The van der Waals surface area contributed by atoms with E-state index >= 15 is 0 Å². The summed E-state index contributed by atoms with van der Waals surface area (Å²) in [4.78, 5) is 4.44. The summed E-state index contributed by atoms with van der Waals surface area (Å²) in [6, 6.07) is 2.82. The predicted molar refractivity (Wildman–Crippen MR) is 68.0 cm³/mol. The molecule has 1 aliphatic carbocycles. The Bertz CT molecular complexity index is 498. The van der Waals surface area contributed by atoms with E-state index in [1.807, 2.05) is 17.8 Å². The number of thiazole rings is 1. The first-order chi connectivity index (χ1) is 8.29. The van der Waals surface area contributed by atoms with E-state index < -0.39 is 0 Å². The van der Waals surface area contributed by atoms with Gasteiger partial charge in [0.15, 0.2) is 0 Å². The Labute approximate surface area is 105 Å². The highest BCUT2D eigenvalue weighted by Crippen LogP contribution is 2.19. The summed E-state index contributed by atoms with van der Waals surface area (Å²) < 4.78 is 1.96. The molecule has 0 amide bonds. The molecule has 0 unspecified atom stereocenters. The molecule has 17 heavy (non-hydrogen) atoms. The maximum Gasteiger partial charge on any atom is 0.0898 e. The quantitative estimate of drug-likeness (QED) is 0.879. The van der Waals surface area contributed by atoms with Crippen molar-refractivity contribution < 1.29 is 0 Å². The van der Waals surface area contributed by atoms with Crippen LogP contribution in [0.1, 0.15) is 29.2 Å². The zero-order chi connectivity index (χ0) is 11.7. The van der Waals surface area contributed by atoms with Crippen LogP contribution in [-0.2, 0) is 13.1 Å². The minimum atomic E-state index is 0.737. The van der Waals surface area contributed by atoms with Gasteiger partial charge in [0.2, 0.25) is 0 Å². The second-order valence-electron chi connectivity index (χ2n) is 4.52. The van der Waals surface area contributed by atoms with Crippen molar-refractivity contribution in [1.82, 2.24) is 20.1 Å². The average Bonchev–Trinajstić information content (AvgIpc) is 2.90. The van der Waals surface area contributed by atoms with Crippen LogP contribution in [0.15, 0.2) is 17.6 Å². The van der Waals surface area contributed by atoms with Crippen molar-refractivity contribution in [3.05, 3.63) is 34.0 Å². The van der Waals surface area contributed by atoms with Crippen LogP contribution >= 0.6 is 11.3 Å². The van der Waals surface area contributed by atoms with Gasteiger partial charge in [-0.1, -0.05) is 0 Å². The van der Waals surface area contributed by atoms with Crippen molar-refractivity contribution in [1.29, 1.82) is 0 Å². The third-order valence-electron chi connectivity index (χ3n) is 2.84. The van der Waals surface area contributed by atoms with Gasteiger partial charge in [-0.15, -0.1) is 11.3 Å². The van der Waals surface area contributed by atoms with Crippen LogP contribution in [0.25, 0.3) is 0 Å². The smallest absolute Gasteiger partial charge is 0.0898 e. The second kappa shape index (κ2) is 4.58. The molecular weight excluding hydrogens is 232 g/mol. The fourth-order valence-electron chi connectivity index (χ4n) is 1.77. The second-order valence-corrected chi connectivity index (χ2v) is 5.58. The Kier molecular flexibility index (Phi) is 2.94. The topological polar surface area (TPSA) is 42.7 Å². The molecule has 2 heterocycles. The van der Waals surface area contributed by atoms with Gasteiger partial charge >= 0.3 is 0 Å². The van der Waals surface area contributed by atoms with Crippen LogP contribution in [0.3, 0.4) is 0 Å². The lowest BCUT2D eigenvalue weighted by molar-refractivity contribution is 0.626. The molecule has 0 aromatic carbocycles. The minimum Gasteiger partial charge on any atom is -0.308 e. The molecule has 3 rings (SSSR count). The van der Waals surface area contributed by atoms with Gasteiger partial charge in [-0.25, -0.2) is 4.98 Å². The number of nitrogens with zero attached hydrogens (tertiary/aromatic N) is 3. The highest BCUT2D eigenvalue weighted by Gasteiger charge is 2.20. The van der Waals surface area contributed by atoms with Gasteiger partial charge in [-0.2, -0.15) is 5.10 Å². The van der Waals surface area contributed by atoms with Crippen LogP contribution in [0.2, 0.25) is 0 Å². The molecule has 1 aliphatic rings. The summed E-state index contributed by atoms with van der Waals surface area (Å²) in [5.74, 6) is 0. The van der Waals surface area contributed by atoms with E-state index in [2.05, 4.69) is 26.8 Å². The molecular formula is C12H16N4S. The lowest BCUT2D eigenvalue weighted by atomic mass is 10.4. The summed E-state index contributed by atoms with van der Waals surface area (Å²) in [5.41, 5.74) is 2.21. The van der Waals surface area contributed by atoms with Gasteiger partial charge in [0.05, 0.1) is 22.9 Å². The van der Waals surface area contributed by atoms with Crippen LogP contribution in [0.5, 0.6) is 0 Å². The Morgan fingerprint density at radius 2 is 2.35 bits per heavy atom. The standard InChI is InChI=1S/C12H16N4S/c1-9-14-12(8-17-9)7-16-5-4-11(15-16)6-13-10-2-3-10/h4-5,8,10,13H,2-3,6-7H2,1H3. The van der Waals surface area contributed by atoms with E-state index in [4.69, 9.17) is 0 Å². The molecule has 0 bridgehead atoms. The zero-order valence-corrected chi connectivity index (χ0v) is 10.7. The van der Waals surface area contributed by atoms with E-state index in [0.29, 0.717) is 0 Å². The number of hydrogen-bond donors (Lipinski definition) is 1. The molecule has 2 aromatic heterocycles. The predicted octanol–water partition coefficient (Wildman–Crippen LogP) is 1.95. The Morgan fingerprint density at radius 3 is 3.06 bits per heavy atom. The molecule has 0 spiro atoms. The third kappa shape index (κ3) is 2.92. The lowest BCUT2D eigenvalue weighted by Gasteiger charge is -1.99. The van der Waals surface area contributed by atoms with Crippen molar-refractivity contribution in [2.75, 3.05) is 0 Å². The van der Waals surface area contributed by atoms with E-state index in [1.165, 1.54) is 12.8 Å². The van der Waals surface area contributed by atoms with Crippen molar-refractivity contribution in [2.24, 2.45) is 0 Å². The van der Waals surface area contributed by atoms with Crippen molar-refractivity contribution in [3.8, 4) is 0 Å². The van der Waals surface area contributed by atoms with Gasteiger partial charge in [0.25, 0.3) is 0 Å². The first kappa shape index (κ1) is 10.9. The zero-order valence-electron chi connectivity index (χ0n) is 9.89. The van der Waals surface area contributed by atoms with E-state index in [0.717, 1.165) is 35.5 Å². The molecule has 90 valence electrons. The SMILES string of the molecule is Cc1nc(Cn2ccc(CNC3CC3)n2)cs1. The highest BCUT2D eigenvalue weighted by atomic mass is 32.1. The first-order valence-electron chi connectivity index (χ1n) is 5.96. The number of nitrogens with one attached hydrogen (secondary N) is 1. The molecule has 1 fully saturated rings. The molecule has 5 heteroatoms. The van der Waals surface area contributed by atoms with Crippen LogP contribution < -0.4 is 5.32 Å². The maximum absolute atomic E-state index is 4.53. The van der Waals surface area contributed by atoms with Gasteiger partial charge in [-0.3, -0.25) is 4.68 Å². The fourth-order valence-corrected chi connectivity index (χ4v) is 2.37. The first-order valence-corrected chi connectivity index (χ1v) is 6.84. The van der Waals surface area contributed by atoms with Crippen LogP contribution in [-0.4, -0.2) is 20.8 Å². The van der Waals surface area contributed by atoms with Gasteiger partial charge in [0, 0.05) is 24.2 Å². The monoisotopic (exact) mass is 248 g/mol. The van der Waals surface area contributed by atoms with E-state index in [-0.39, 0.29) is 0 Å². The summed E-state index contributed by atoms with van der Waals surface area (Å²) >= 11 is 1.69. The fraction of sp³-hybridized carbons (Fsp3) is 0.500. The molecule has 1 saturated carbocycles. The lowest BCUT2D eigenvalue weighted by Crippen LogP contribution is -2.16. The number of aromatic nitrogens is 3. The maximum atomic E-state index is 4.53. The van der Waals surface area contributed by atoms with E-state index in [1.54, 1.807) is 11.3 Å². The largest absolute Gasteiger partial charge is 0.308 e.